The van der Waals surface area contributed by atoms with Gasteiger partial charge in [0.2, 0.25) is 23.6 Å². The molecule has 358 valence electrons. The highest BCUT2D eigenvalue weighted by molar-refractivity contribution is 5.94. The molecule has 0 spiro atoms. The van der Waals surface area contributed by atoms with Gasteiger partial charge in [0.15, 0.2) is 11.3 Å². The molecule has 2 unspecified atom stereocenters. The van der Waals surface area contributed by atoms with Crippen molar-refractivity contribution in [2.75, 3.05) is 46.4 Å². The zero-order valence-corrected chi connectivity index (χ0v) is 39.3. The number of likely N-dealkylation sites (tertiary alicyclic amines) is 2. The van der Waals surface area contributed by atoms with Crippen LogP contribution in [0.5, 0.6) is 5.88 Å². The van der Waals surface area contributed by atoms with Crippen LogP contribution in [0.25, 0.3) is 22.1 Å². The first-order valence-corrected chi connectivity index (χ1v) is 24.2. The van der Waals surface area contributed by atoms with Crippen molar-refractivity contribution in [2.45, 2.75) is 96.6 Å². The molecule has 2 N–H and O–H groups in total. The molecular formula is C51H62FN11O5. The Bertz CT molecular complexity index is 2700. The first-order chi connectivity index (χ1) is 33.2. The fourth-order valence-electron chi connectivity index (χ4n) is 9.07. The highest BCUT2D eigenvalue weighted by Crippen LogP contribution is 2.34. The Morgan fingerprint density at radius 2 is 1.21 bits per heavy atom. The predicted octanol–water partition coefficient (Wildman–Crippen LogP) is 6.45. The van der Waals surface area contributed by atoms with Crippen LogP contribution in [0.4, 0.5) is 4.39 Å². The Morgan fingerprint density at radius 1 is 0.676 bits per heavy atom. The number of benzene rings is 1. The summed E-state index contributed by atoms with van der Waals surface area (Å²) in [6, 6.07) is 17.4. The van der Waals surface area contributed by atoms with E-state index in [2.05, 4.69) is 25.6 Å². The van der Waals surface area contributed by atoms with E-state index in [4.69, 9.17) is 14.9 Å². The molecule has 4 amide bonds. The number of carbonyl (C=O) groups excluding carboxylic acids is 4. The summed E-state index contributed by atoms with van der Waals surface area (Å²) in [7, 11) is 1.54. The number of pyridine rings is 3. The topological polar surface area (TPSA) is 182 Å². The fourth-order valence-corrected chi connectivity index (χ4v) is 9.07. The van der Waals surface area contributed by atoms with Crippen LogP contribution < -0.4 is 15.4 Å². The number of hydrogen-bond donors (Lipinski definition) is 2. The summed E-state index contributed by atoms with van der Waals surface area (Å²) in [4.78, 5) is 66.9. The average Bonchev–Trinajstić information content (AvgIpc) is 4.34. The third-order valence-corrected chi connectivity index (χ3v) is 12.9. The molecular weight excluding hydrogens is 866 g/mol. The van der Waals surface area contributed by atoms with E-state index in [0.717, 1.165) is 96.9 Å². The lowest BCUT2D eigenvalue weighted by atomic mass is 9.93. The Kier molecular flexibility index (Phi) is 15.7. The summed E-state index contributed by atoms with van der Waals surface area (Å²) in [5, 5.41) is 17.8. The minimum absolute atomic E-state index is 0.0231. The molecule has 2 atom stereocenters. The van der Waals surface area contributed by atoms with Crippen molar-refractivity contribution in [1.82, 2.24) is 54.9 Å². The average molecular weight is 928 g/mol. The van der Waals surface area contributed by atoms with Crippen molar-refractivity contribution in [3.05, 3.63) is 108 Å². The van der Waals surface area contributed by atoms with E-state index in [1.807, 2.05) is 57.3 Å². The van der Waals surface area contributed by atoms with Crippen LogP contribution in [-0.2, 0) is 33.9 Å². The number of fused-ring (bicyclic) bond motifs is 2. The summed E-state index contributed by atoms with van der Waals surface area (Å²) in [6.07, 6.45) is 13.1. The number of ether oxygens (including phenoxy) is 1. The molecule has 6 aromatic rings. The number of amides is 4. The number of rotatable bonds is 14. The van der Waals surface area contributed by atoms with Gasteiger partial charge < -0.3 is 25.2 Å². The van der Waals surface area contributed by atoms with Crippen LogP contribution in [0.1, 0.15) is 104 Å². The second-order valence-electron chi connectivity index (χ2n) is 17.8. The Hall–Kier alpha value is -6.78. The van der Waals surface area contributed by atoms with Gasteiger partial charge in [0, 0.05) is 104 Å². The standard InChI is InChI=1S/C25H28FN5O2.C24H28N6O3.C2H6/c26-20-9-5-17(6-10-20)15-22(32)30-13-2-3-19(16-30)23-21-4-1-11-27-24(21)31(29-23)14-12-28-25(33)18-7-8-18;1-33-20-14-17(8-10-25-20)24(32)29-12-3-4-18(15-29)21-19-5-2-9-26-22(19)30(28-21)13-11-27-23(31)16-6-7-16;1-2/h1,4-6,9-11,18-19H,2-3,7-8,12-16H2,(H,28,33);2,5,8-10,14,16,18H,3-4,6-7,11-13,15H2,1H3,(H,27,31);1-2H3. The van der Waals surface area contributed by atoms with Gasteiger partial charge in [-0.25, -0.2) is 28.7 Å². The van der Waals surface area contributed by atoms with Gasteiger partial charge in [0.25, 0.3) is 5.91 Å². The lowest BCUT2D eigenvalue weighted by Gasteiger charge is -2.32. The van der Waals surface area contributed by atoms with E-state index in [1.165, 1.54) is 12.1 Å². The zero-order valence-electron chi connectivity index (χ0n) is 39.3. The van der Waals surface area contributed by atoms with Gasteiger partial charge >= 0.3 is 0 Å². The molecule has 10 rings (SSSR count). The van der Waals surface area contributed by atoms with Crippen LogP contribution in [0.2, 0.25) is 0 Å². The molecule has 16 nitrogen and oxygen atoms in total. The molecule has 4 fully saturated rings. The van der Waals surface area contributed by atoms with E-state index in [1.54, 1.807) is 50.0 Å². The summed E-state index contributed by atoms with van der Waals surface area (Å²) >= 11 is 0. The maximum absolute atomic E-state index is 13.2. The Labute approximate surface area is 396 Å². The van der Waals surface area contributed by atoms with E-state index in [-0.39, 0.29) is 59.5 Å². The second-order valence-corrected chi connectivity index (χ2v) is 17.8. The van der Waals surface area contributed by atoms with E-state index in [0.29, 0.717) is 57.3 Å². The highest BCUT2D eigenvalue weighted by atomic mass is 19.1. The molecule has 7 heterocycles. The first-order valence-electron chi connectivity index (χ1n) is 24.2. The molecule has 0 bridgehead atoms. The number of hydrogen-bond acceptors (Lipinski definition) is 10. The van der Waals surface area contributed by atoms with Crippen LogP contribution in [0, 0.1) is 17.7 Å². The number of methoxy groups -OCH3 is 1. The summed E-state index contributed by atoms with van der Waals surface area (Å²) in [6.45, 7) is 8.83. The minimum Gasteiger partial charge on any atom is -0.481 e. The zero-order chi connectivity index (χ0) is 47.6. The molecule has 2 saturated carbocycles. The summed E-state index contributed by atoms with van der Waals surface area (Å²) < 4.78 is 22.1. The smallest absolute Gasteiger partial charge is 0.254 e. The van der Waals surface area contributed by atoms with Gasteiger partial charge in [-0.15, -0.1) is 0 Å². The molecule has 4 aliphatic rings. The SMILES string of the molecule is CC.COc1cc(C(=O)N2CCCC(c3nn(CCNC(=O)C4CC4)c4ncccc34)C2)ccn1.O=C(NCCn1nc(C2CCCN(C(=O)Cc3ccc(F)cc3)C2)c2cccnc21)C1CC1. The summed E-state index contributed by atoms with van der Waals surface area (Å²) in [5.41, 5.74) is 4.95. The van der Waals surface area contributed by atoms with Crippen molar-refractivity contribution < 1.29 is 28.3 Å². The molecule has 0 radical (unpaired) electrons. The molecule has 2 aliphatic heterocycles. The van der Waals surface area contributed by atoms with Crippen molar-refractivity contribution in [1.29, 1.82) is 0 Å². The quantitative estimate of drug-likeness (QED) is 0.123. The predicted molar refractivity (Wildman–Crippen MR) is 255 cm³/mol. The fraction of sp³-hybridized carbons (Fsp3) is 0.471. The number of halogens is 1. The largest absolute Gasteiger partial charge is 0.481 e. The molecule has 68 heavy (non-hydrogen) atoms. The van der Waals surface area contributed by atoms with Crippen molar-refractivity contribution >= 4 is 45.7 Å². The maximum Gasteiger partial charge on any atom is 0.254 e. The molecule has 1 aromatic carbocycles. The first kappa shape index (κ1) is 47.7. The van der Waals surface area contributed by atoms with Gasteiger partial charge in [0.05, 0.1) is 38.0 Å². The lowest BCUT2D eigenvalue weighted by molar-refractivity contribution is -0.131. The lowest BCUT2D eigenvalue weighted by Crippen LogP contribution is -2.40. The van der Waals surface area contributed by atoms with Crippen molar-refractivity contribution in [3.8, 4) is 5.88 Å². The number of carbonyl (C=O) groups is 4. The van der Waals surface area contributed by atoms with Crippen LogP contribution in [-0.4, -0.2) is 114 Å². The second kappa shape index (κ2) is 22.3. The Morgan fingerprint density at radius 3 is 1.74 bits per heavy atom. The Balaban J connectivity index is 0.000000177. The molecule has 17 heteroatoms. The minimum atomic E-state index is -0.299. The highest BCUT2D eigenvalue weighted by Gasteiger charge is 2.32. The van der Waals surface area contributed by atoms with E-state index >= 15 is 0 Å². The third kappa shape index (κ3) is 11.7. The van der Waals surface area contributed by atoms with Gasteiger partial charge in [0.1, 0.15) is 5.82 Å². The molecule has 2 aliphatic carbocycles. The number of nitrogens with zero attached hydrogens (tertiary/aromatic N) is 9. The van der Waals surface area contributed by atoms with Crippen LogP contribution >= 0.6 is 0 Å². The van der Waals surface area contributed by atoms with Gasteiger partial charge in [-0.3, -0.25) is 19.2 Å². The van der Waals surface area contributed by atoms with Crippen molar-refractivity contribution in [3.63, 3.8) is 0 Å². The number of piperidine rings is 2. The number of nitrogens with one attached hydrogen (secondary N) is 2. The van der Waals surface area contributed by atoms with Gasteiger partial charge in [-0.2, -0.15) is 10.2 Å². The van der Waals surface area contributed by atoms with Gasteiger partial charge in [-0.05, 0) is 99.4 Å². The maximum atomic E-state index is 13.2. The third-order valence-electron chi connectivity index (χ3n) is 12.9. The van der Waals surface area contributed by atoms with E-state index in [9.17, 15) is 23.6 Å². The van der Waals surface area contributed by atoms with Gasteiger partial charge in [-0.1, -0.05) is 26.0 Å². The molecule has 5 aromatic heterocycles. The van der Waals surface area contributed by atoms with Crippen molar-refractivity contribution in [2.24, 2.45) is 11.8 Å². The van der Waals surface area contributed by atoms with Crippen LogP contribution in [0.3, 0.4) is 0 Å². The van der Waals surface area contributed by atoms with Crippen LogP contribution in [0.15, 0.2) is 79.3 Å². The normalized spacial score (nSPS) is 17.9. The summed E-state index contributed by atoms with van der Waals surface area (Å²) in [5.74, 6) is 1.06. The molecule has 2 saturated heterocycles. The number of aromatic nitrogens is 7. The monoisotopic (exact) mass is 927 g/mol. The van der Waals surface area contributed by atoms with E-state index < -0.39 is 0 Å².